The third-order valence-corrected chi connectivity index (χ3v) is 6.48. The van der Waals surface area contributed by atoms with E-state index in [0.717, 1.165) is 0 Å². The van der Waals surface area contributed by atoms with Gasteiger partial charge in [-0.3, -0.25) is 14.4 Å². The van der Waals surface area contributed by atoms with Crippen molar-refractivity contribution in [1.29, 1.82) is 0 Å². The van der Waals surface area contributed by atoms with E-state index in [1.54, 1.807) is 12.1 Å². The largest absolute Gasteiger partial charge is 0.397 e. The van der Waals surface area contributed by atoms with Crippen molar-refractivity contribution < 1.29 is 34.4 Å². The third-order valence-electron chi connectivity index (χ3n) is 6.48. The summed E-state index contributed by atoms with van der Waals surface area (Å²) in [6.07, 6.45) is -3.50. The fourth-order valence-corrected chi connectivity index (χ4v) is 4.39. The van der Waals surface area contributed by atoms with Gasteiger partial charge in [-0.2, -0.15) is 0 Å². The molecule has 218 valence electrons. The molecule has 41 heavy (non-hydrogen) atoms. The number of imidazole rings is 1. The number of aromatic amines is 2. The number of hydrogen-bond donors (Lipinski definition) is 9. The second kappa shape index (κ2) is 12.9. The van der Waals surface area contributed by atoms with Crippen molar-refractivity contribution in [2.45, 2.75) is 37.6 Å². The van der Waals surface area contributed by atoms with Gasteiger partial charge in [0.1, 0.15) is 17.2 Å². The molecule has 2 amide bonds. The number of rotatable bonds is 12. The van der Waals surface area contributed by atoms with E-state index < -0.39 is 48.1 Å². The van der Waals surface area contributed by atoms with Gasteiger partial charge in [0.05, 0.1) is 59.0 Å². The van der Waals surface area contributed by atoms with Crippen molar-refractivity contribution in [2.24, 2.45) is 0 Å². The smallest absolute Gasteiger partial charge is 0.261 e. The number of hydrogen-bond acceptors (Lipinski definition) is 9. The average molecular weight is 571 g/mol. The Morgan fingerprint density at radius 2 is 1.80 bits per heavy atom. The van der Waals surface area contributed by atoms with Gasteiger partial charge in [0.15, 0.2) is 0 Å². The normalized spacial score (nSPS) is 13.7. The number of aliphatic hydroxyl groups excluding tert-OH is 4. The number of nitrogen functional groups attached to an aromatic ring is 1. The molecule has 0 radical (unpaired) electrons. The monoisotopic (exact) mass is 570 g/mol. The number of nitrogens with zero attached hydrogens (tertiary/aromatic N) is 1. The van der Waals surface area contributed by atoms with Crippen molar-refractivity contribution in [2.75, 3.05) is 25.4 Å². The summed E-state index contributed by atoms with van der Waals surface area (Å²) in [5.74, 6) is -1.46. The highest BCUT2D eigenvalue weighted by molar-refractivity contribution is 6.00. The molecule has 0 aliphatic carbocycles. The van der Waals surface area contributed by atoms with Crippen molar-refractivity contribution in [3.63, 3.8) is 0 Å². The molecule has 2 aromatic heterocycles. The zero-order valence-electron chi connectivity index (χ0n) is 21.9. The number of nitrogens with two attached hydrogens (primary N) is 1. The van der Waals surface area contributed by atoms with Crippen molar-refractivity contribution >= 4 is 39.4 Å². The summed E-state index contributed by atoms with van der Waals surface area (Å²) in [5, 5.41) is 43.2. The van der Waals surface area contributed by atoms with E-state index >= 15 is 0 Å². The Labute approximate surface area is 232 Å². The Bertz CT molecular complexity index is 1620. The van der Waals surface area contributed by atoms with Gasteiger partial charge < -0.3 is 46.8 Å². The number of halogens is 1. The van der Waals surface area contributed by atoms with E-state index in [2.05, 4.69) is 25.6 Å². The van der Waals surface area contributed by atoms with E-state index in [9.17, 15) is 34.1 Å². The molecule has 3 atom stereocenters. The van der Waals surface area contributed by atoms with Crippen molar-refractivity contribution in [3.05, 3.63) is 58.1 Å². The van der Waals surface area contributed by atoms with Crippen LogP contribution in [0.5, 0.6) is 0 Å². The number of fused-ring (bicyclic) bond motifs is 2. The number of pyridine rings is 1. The van der Waals surface area contributed by atoms with Crippen LogP contribution in [-0.2, 0) is 4.79 Å². The van der Waals surface area contributed by atoms with Gasteiger partial charge >= 0.3 is 0 Å². The summed E-state index contributed by atoms with van der Waals surface area (Å²) in [6, 6.07) is 8.87. The number of carbonyl (C=O) groups excluding carboxylic acids is 2. The molecule has 0 spiro atoms. The van der Waals surface area contributed by atoms with Gasteiger partial charge in [-0.1, -0.05) is 6.07 Å². The maximum atomic E-state index is 14.4. The molecule has 2 aromatic carbocycles. The fraction of sp³-hybridized carbons (Fsp3) is 0.333. The Hall–Kier alpha value is -4.37. The van der Waals surface area contributed by atoms with E-state index in [4.69, 9.17) is 10.8 Å². The average Bonchev–Trinajstić information content (AvgIpc) is 3.34. The first-order valence-electron chi connectivity index (χ1n) is 12.9. The van der Waals surface area contributed by atoms with Crippen LogP contribution >= 0.6 is 0 Å². The van der Waals surface area contributed by atoms with Crippen LogP contribution in [0.15, 0.2) is 41.2 Å². The number of aliphatic hydroxyl groups is 4. The molecular weight excluding hydrogens is 539 g/mol. The number of benzene rings is 2. The second-order valence-corrected chi connectivity index (χ2v) is 9.66. The summed E-state index contributed by atoms with van der Waals surface area (Å²) in [6.45, 7) is -0.575. The van der Waals surface area contributed by atoms with Crippen LogP contribution in [0, 0.1) is 5.82 Å². The standard InChI is InChI=1S/C27H31FN6O7/c28-17-2-1-3-19-22(17)24(29)23(27(41)34-19)25-32-18-5-4-13(8-20(18)33-25)26(40)30-7-6-14(36)9-15(37)10-21(39)31-11-16(38)12-35/h1-5,8,14-16,35-38H,6-7,9-12H2,(H,30,40)(H,31,39)(H,32,33)(H3,29,34,41)/t14-,15-,16?/m1/s1. The first-order chi connectivity index (χ1) is 19.6. The number of anilines is 1. The van der Waals surface area contributed by atoms with Gasteiger partial charge in [0.25, 0.3) is 11.5 Å². The SMILES string of the molecule is Nc1c(-c2nc3ccc(C(=O)NCC[C@@H](O)C[C@@H](O)CC(=O)NCC(O)CO)cc3[nH]2)c(=O)[nH]c2cccc(F)c12. The van der Waals surface area contributed by atoms with Crippen LogP contribution in [0.3, 0.4) is 0 Å². The van der Waals surface area contributed by atoms with E-state index in [-0.39, 0.29) is 65.9 Å². The van der Waals surface area contributed by atoms with E-state index in [1.165, 1.54) is 24.3 Å². The molecular formula is C27H31FN6O7. The topological polar surface area (TPSA) is 227 Å². The summed E-state index contributed by atoms with van der Waals surface area (Å²) in [5.41, 5.74) is 6.93. The Morgan fingerprint density at radius 1 is 1.02 bits per heavy atom. The molecule has 13 nitrogen and oxygen atoms in total. The predicted molar refractivity (Wildman–Crippen MR) is 148 cm³/mol. The molecule has 0 fully saturated rings. The van der Waals surface area contributed by atoms with Crippen LogP contribution in [0.2, 0.25) is 0 Å². The predicted octanol–water partition coefficient (Wildman–Crippen LogP) is -0.116. The molecule has 4 rings (SSSR count). The minimum absolute atomic E-state index is 0.0267. The Balaban J connectivity index is 1.35. The minimum Gasteiger partial charge on any atom is -0.397 e. The zero-order valence-corrected chi connectivity index (χ0v) is 21.9. The lowest BCUT2D eigenvalue weighted by atomic mass is 10.1. The number of amides is 2. The molecule has 0 aliphatic rings. The maximum absolute atomic E-state index is 14.4. The quantitative estimate of drug-likeness (QED) is 0.110. The van der Waals surface area contributed by atoms with Gasteiger partial charge in [-0.05, 0) is 43.2 Å². The van der Waals surface area contributed by atoms with Crippen LogP contribution in [0.25, 0.3) is 33.3 Å². The lowest BCUT2D eigenvalue weighted by Gasteiger charge is -2.16. The highest BCUT2D eigenvalue weighted by atomic mass is 19.1. The summed E-state index contributed by atoms with van der Waals surface area (Å²) in [7, 11) is 0. The fourth-order valence-electron chi connectivity index (χ4n) is 4.39. The van der Waals surface area contributed by atoms with Crippen LogP contribution in [-0.4, -0.2) is 85.2 Å². The number of carbonyl (C=O) groups is 2. The van der Waals surface area contributed by atoms with Crippen LogP contribution in [0.1, 0.15) is 29.6 Å². The number of aromatic nitrogens is 3. The van der Waals surface area contributed by atoms with Gasteiger partial charge in [-0.25, -0.2) is 9.37 Å². The lowest BCUT2D eigenvalue weighted by Crippen LogP contribution is -2.36. The van der Waals surface area contributed by atoms with Crippen molar-refractivity contribution in [1.82, 2.24) is 25.6 Å². The Kier molecular flexibility index (Phi) is 9.29. The molecule has 0 aliphatic heterocycles. The maximum Gasteiger partial charge on any atom is 0.261 e. The van der Waals surface area contributed by atoms with Gasteiger partial charge in [-0.15, -0.1) is 0 Å². The lowest BCUT2D eigenvalue weighted by molar-refractivity contribution is -0.123. The van der Waals surface area contributed by atoms with Crippen LogP contribution < -0.4 is 21.9 Å². The van der Waals surface area contributed by atoms with Gasteiger partial charge in [0.2, 0.25) is 5.91 Å². The first-order valence-corrected chi connectivity index (χ1v) is 12.9. The molecule has 0 saturated carbocycles. The molecule has 10 N–H and O–H groups in total. The van der Waals surface area contributed by atoms with Gasteiger partial charge in [0, 0.05) is 18.7 Å². The molecule has 1 unspecified atom stereocenters. The molecule has 2 heterocycles. The Morgan fingerprint density at radius 3 is 2.56 bits per heavy atom. The molecule has 0 saturated heterocycles. The number of H-pyrrole nitrogens is 2. The zero-order chi connectivity index (χ0) is 29.7. The van der Waals surface area contributed by atoms with Crippen molar-refractivity contribution in [3.8, 4) is 11.4 Å². The summed E-state index contributed by atoms with van der Waals surface area (Å²) < 4.78 is 14.4. The molecule has 0 bridgehead atoms. The van der Waals surface area contributed by atoms with E-state index in [1.807, 2.05) is 0 Å². The summed E-state index contributed by atoms with van der Waals surface area (Å²) in [4.78, 5) is 47.1. The second-order valence-electron chi connectivity index (χ2n) is 9.66. The molecule has 4 aromatic rings. The third kappa shape index (κ3) is 7.05. The van der Waals surface area contributed by atoms with Crippen LogP contribution in [0.4, 0.5) is 10.1 Å². The first kappa shape index (κ1) is 29.6. The highest BCUT2D eigenvalue weighted by Gasteiger charge is 2.19. The summed E-state index contributed by atoms with van der Waals surface area (Å²) >= 11 is 0. The molecule has 14 heteroatoms. The number of nitrogens with one attached hydrogen (secondary N) is 4. The van der Waals surface area contributed by atoms with E-state index in [0.29, 0.717) is 11.0 Å². The highest BCUT2D eigenvalue weighted by Crippen LogP contribution is 2.30. The minimum atomic E-state index is -1.13.